The van der Waals surface area contributed by atoms with Gasteiger partial charge in [0.1, 0.15) is 0 Å². The van der Waals surface area contributed by atoms with Gasteiger partial charge in [0.2, 0.25) is 0 Å². The summed E-state index contributed by atoms with van der Waals surface area (Å²) in [6, 6.07) is 57.1. The molecule has 10 rings (SSSR count). The molecule has 0 aliphatic heterocycles. The van der Waals surface area contributed by atoms with E-state index in [4.69, 9.17) is 15.0 Å². The summed E-state index contributed by atoms with van der Waals surface area (Å²) in [4.78, 5) is 15.9. The lowest BCUT2D eigenvalue weighted by atomic mass is 9.85. The Morgan fingerprint density at radius 1 is 0.339 bits per heavy atom. The van der Waals surface area contributed by atoms with Gasteiger partial charge in [-0.05, 0) is 93.6 Å². The van der Waals surface area contributed by atoms with Crippen molar-refractivity contribution in [3.8, 4) is 45.5 Å². The minimum atomic E-state index is -0.0394. The lowest BCUT2D eigenvalue weighted by Crippen LogP contribution is -2.10. The van der Waals surface area contributed by atoms with Crippen LogP contribution in [0, 0.1) is 0 Å². The Balaban J connectivity index is 1.39. The molecule has 0 bridgehead atoms. The van der Waals surface area contributed by atoms with Crippen molar-refractivity contribution < 1.29 is 0 Å². The zero-order valence-electron chi connectivity index (χ0n) is 37.2. The van der Waals surface area contributed by atoms with Crippen LogP contribution in [0.2, 0.25) is 0 Å². The first-order valence-corrected chi connectivity index (χ1v) is 21.8. The van der Waals surface area contributed by atoms with Gasteiger partial charge in [0.05, 0.1) is 27.8 Å². The molecule has 0 spiro atoms. The maximum Gasteiger partial charge on any atom is 0.166 e. The lowest BCUT2D eigenvalue weighted by molar-refractivity contribution is 0.590. The standard InChI is InChI=1S/C57H53N5/c1-55(2,3)38-25-28-47-44(33-38)45-34-46(54-59-52(36-19-13-10-14-20-36)58-53(60-54)37-21-15-11-16-22-37)51(35-50(45)61(47)41-23-17-12-18-24-41)62-48-29-26-39(56(4,5)6)31-42(48)43-32-40(57(7,8)9)27-30-49(43)62/h10-35H,1-9H3. The number of para-hydroxylation sites is 1. The van der Waals surface area contributed by atoms with Gasteiger partial charge in [-0.3, -0.25) is 0 Å². The van der Waals surface area contributed by atoms with Gasteiger partial charge >= 0.3 is 0 Å². The number of rotatable bonds is 5. The van der Waals surface area contributed by atoms with Crippen molar-refractivity contribution in [1.82, 2.24) is 24.1 Å². The minimum Gasteiger partial charge on any atom is -0.309 e. The molecule has 10 aromatic rings. The fraction of sp³-hybridized carbons (Fsp3) is 0.211. The molecule has 0 N–H and O–H groups in total. The van der Waals surface area contributed by atoms with E-state index in [1.807, 2.05) is 36.4 Å². The molecule has 0 aliphatic carbocycles. The third kappa shape index (κ3) is 6.77. The maximum atomic E-state index is 5.39. The maximum absolute atomic E-state index is 5.39. The first-order valence-electron chi connectivity index (χ1n) is 21.8. The van der Waals surface area contributed by atoms with Crippen LogP contribution in [0.15, 0.2) is 158 Å². The average molecular weight is 808 g/mol. The third-order valence-electron chi connectivity index (χ3n) is 12.4. The molecule has 5 heteroatoms. The van der Waals surface area contributed by atoms with Crippen LogP contribution in [0.5, 0.6) is 0 Å². The van der Waals surface area contributed by atoms with E-state index in [0.29, 0.717) is 17.5 Å². The van der Waals surface area contributed by atoms with Crippen LogP contribution < -0.4 is 0 Å². The molecule has 7 aromatic carbocycles. The Morgan fingerprint density at radius 2 is 0.710 bits per heavy atom. The molecule has 5 nitrogen and oxygen atoms in total. The molecule has 0 aliphatic rings. The highest BCUT2D eigenvalue weighted by Gasteiger charge is 2.26. The van der Waals surface area contributed by atoms with E-state index in [2.05, 4.69) is 193 Å². The fourth-order valence-corrected chi connectivity index (χ4v) is 8.89. The van der Waals surface area contributed by atoms with E-state index < -0.39 is 0 Å². The molecular formula is C57H53N5. The Bertz CT molecular complexity index is 3190. The number of benzene rings is 7. The zero-order valence-corrected chi connectivity index (χ0v) is 37.2. The molecule has 3 aromatic heterocycles. The molecule has 0 unspecified atom stereocenters. The van der Waals surface area contributed by atoms with Gasteiger partial charge in [-0.1, -0.05) is 159 Å². The predicted molar refractivity (Wildman–Crippen MR) is 261 cm³/mol. The Hall–Kier alpha value is -6.85. The van der Waals surface area contributed by atoms with Crippen molar-refractivity contribution in [3.05, 3.63) is 174 Å². The van der Waals surface area contributed by atoms with Gasteiger partial charge in [-0.2, -0.15) is 0 Å². The lowest BCUT2D eigenvalue weighted by Gasteiger charge is -2.19. The minimum absolute atomic E-state index is 0.0244. The van der Waals surface area contributed by atoms with Crippen LogP contribution in [-0.4, -0.2) is 24.1 Å². The predicted octanol–water partition coefficient (Wildman–Crippen LogP) is 15.0. The number of hydrogen-bond acceptors (Lipinski definition) is 3. The summed E-state index contributed by atoms with van der Waals surface area (Å²) in [7, 11) is 0. The topological polar surface area (TPSA) is 48.5 Å². The monoisotopic (exact) mass is 807 g/mol. The van der Waals surface area contributed by atoms with Gasteiger partial charge in [0.25, 0.3) is 0 Å². The van der Waals surface area contributed by atoms with Gasteiger partial charge in [-0.25, -0.2) is 15.0 Å². The summed E-state index contributed by atoms with van der Waals surface area (Å²) in [5.41, 5.74) is 13.3. The van der Waals surface area contributed by atoms with Crippen LogP contribution in [0.25, 0.3) is 89.2 Å². The highest BCUT2D eigenvalue weighted by atomic mass is 15.1. The smallest absolute Gasteiger partial charge is 0.166 e. The molecule has 3 heterocycles. The average Bonchev–Trinajstić information content (AvgIpc) is 3.77. The third-order valence-corrected chi connectivity index (χ3v) is 12.4. The SMILES string of the molecule is CC(C)(C)c1ccc2c(c1)c1cc(-c3nc(-c4ccccc4)nc(-c4ccccc4)n3)c(-n3c4ccc(C(C)(C)C)cc4c4cc(C(C)(C)C)ccc43)cc1n2-c1ccccc1. The summed E-state index contributed by atoms with van der Waals surface area (Å²) in [5.74, 6) is 1.89. The van der Waals surface area contributed by atoms with Gasteiger partial charge < -0.3 is 9.13 Å². The van der Waals surface area contributed by atoms with Crippen molar-refractivity contribution in [2.24, 2.45) is 0 Å². The van der Waals surface area contributed by atoms with Crippen molar-refractivity contribution >= 4 is 43.6 Å². The Morgan fingerprint density at radius 3 is 1.13 bits per heavy atom. The number of nitrogens with zero attached hydrogens (tertiary/aromatic N) is 5. The summed E-state index contributed by atoms with van der Waals surface area (Å²) in [6.45, 7) is 20.6. The van der Waals surface area contributed by atoms with E-state index in [1.54, 1.807) is 0 Å². The normalized spacial score (nSPS) is 12.6. The second kappa shape index (κ2) is 14.4. The number of aromatic nitrogens is 5. The number of hydrogen-bond donors (Lipinski definition) is 0. The van der Waals surface area contributed by atoms with Crippen LogP contribution in [0.3, 0.4) is 0 Å². The van der Waals surface area contributed by atoms with E-state index in [1.165, 1.54) is 32.8 Å². The second-order valence-corrected chi connectivity index (χ2v) is 19.9. The van der Waals surface area contributed by atoms with E-state index in [9.17, 15) is 0 Å². The Labute approximate surface area is 364 Å². The zero-order chi connectivity index (χ0) is 43.1. The van der Waals surface area contributed by atoms with Crippen molar-refractivity contribution in [1.29, 1.82) is 0 Å². The van der Waals surface area contributed by atoms with Gasteiger partial charge in [0, 0.05) is 43.9 Å². The highest BCUT2D eigenvalue weighted by molar-refractivity contribution is 6.14. The summed E-state index contributed by atoms with van der Waals surface area (Å²) >= 11 is 0. The number of fused-ring (bicyclic) bond motifs is 6. The van der Waals surface area contributed by atoms with Crippen LogP contribution in [-0.2, 0) is 16.2 Å². The molecule has 0 amide bonds. The molecule has 0 saturated heterocycles. The quantitative estimate of drug-likeness (QED) is 0.174. The summed E-state index contributed by atoms with van der Waals surface area (Å²) in [5, 5.41) is 4.79. The van der Waals surface area contributed by atoms with Crippen LogP contribution in [0.4, 0.5) is 0 Å². The van der Waals surface area contributed by atoms with E-state index in [0.717, 1.165) is 55.5 Å². The molecule has 0 atom stereocenters. The van der Waals surface area contributed by atoms with Gasteiger partial charge in [-0.15, -0.1) is 0 Å². The second-order valence-electron chi connectivity index (χ2n) is 19.9. The van der Waals surface area contributed by atoms with E-state index >= 15 is 0 Å². The summed E-state index contributed by atoms with van der Waals surface area (Å²) < 4.78 is 4.88. The molecule has 306 valence electrons. The Kier molecular flexibility index (Phi) is 9.11. The fourth-order valence-electron chi connectivity index (χ4n) is 8.89. The molecular weight excluding hydrogens is 755 g/mol. The molecule has 0 saturated carbocycles. The van der Waals surface area contributed by atoms with Crippen LogP contribution >= 0.6 is 0 Å². The highest BCUT2D eigenvalue weighted by Crippen LogP contribution is 2.44. The molecule has 0 fully saturated rings. The van der Waals surface area contributed by atoms with Crippen molar-refractivity contribution in [2.75, 3.05) is 0 Å². The molecule has 62 heavy (non-hydrogen) atoms. The summed E-state index contributed by atoms with van der Waals surface area (Å²) in [6.07, 6.45) is 0. The first kappa shape index (κ1) is 39.3. The van der Waals surface area contributed by atoms with E-state index in [-0.39, 0.29) is 16.2 Å². The van der Waals surface area contributed by atoms with Gasteiger partial charge in [0.15, 0.2) is 17.5 Å². The molecule has 0 radical (unpaired) electrons. The van der Waals surface area contributed by atoms with Crippen LogP contribution in [0.1, 0.15) is 79.0 Å². The van der Waals surface area contributed by atoms with Crippen molar-refractivity contribution in [3.63, 3.8) is 0 Å². The van der Waals surface area contributed by atoms with Crippen molar-refractivity contribution in [2.45, 2.75) is 78.6 Å². The largest absolute Gasteiger partial charge is 0.309 e. The first-order chi connectivity index (χ1) is 29.6.